The van der Waals surface area contributed by atoms with E-state index >= 15 is 0 Å². The van der Waals surface area contributed by atoms with Gasteiger partial charge in [0, 0.05) is 18.1 Å². The van der Waals surface area contributed by atoms with Crippen LogP contribution < -0.4 is 5.32 Å². The fraction of sp³-hybridized carbons (Fsp3) is 0.562. The Bertz CT molecular complexity index is 479. The Hall–Kier alpha value is -1.30. The number of benzene rings is 1. The molecule has 0 aliphatic carbocycles. The smallest absolute Gasteiger partial charge is 0.317 e. The lowest BCUT2D eigenvalue weighted by Crippen LogP contribution is -2.53. The molecule has 0 saturated carbocycles. The molecule has 1 aliphatic rings. The molecule has 1 aromatic carbocycles. The number of ether oxygens (including phenoxy) is 1. The van der Waals surface area contributed by atoms with Crippen molar-refractivity contribution in [1.29, 1.82) is 0 Å². The maximum Gasteiger partial charge on any atom is 0.317 e. The molecule has 6 heteroatoms. The summed E-state index contributed by atoms with van der Waals surface area (Å²) in [5.74, 6) is 0. The first-order valence-corrected chi connectivity index (χ1v) is 7.99. The summed E-state index contributed by atoms with van der Waals surface area (Å²) in [5, 5.41) is 13.2. The summed E-state index contributed by atoms with van der Waals surface area (Å²) in [6.45, 7) is 3.88. The minimum Gasteiger partial charge on any atom is -0.393 e. The number of nitrogens with zero attached hydrogens (tertiary/aromatic N) is 1. The zero-order valence-corrected chi connectivity index (χ0v) is 13.6. The Balaban J connectivity index is 1.80. The van der Waals surface area contributed by atoms with E-state index in [1.165, 1.54) is 0 Å². The van der Waals surface area contributed by atoms with Gasteiger partial charge in [0.2, 0.25) is 0 Å². The van der Waals surface area contributed by atoms with Crippen LogP contribution >= 0.6 is 11.6 Å². The molecule has 1 aromatic rings. The molecule has 2 atom stereocenters. The van der Waals surface area contributed by atoms with E-state index in [4.69, 9.17) is 16.3 Å². The largest absolute Gasteiger partial charge is 0.393 e. The van der Waals surface area contributed by atoms with Gasteiger partial charge in [-0.1, -0.05) is 23.7 Å². The van der Waals surface area contributed by atoms with Crippen LogP contribution in [-0.2, 0) is 11.2 Å². The molecule has 22 heavy (non-hydrogen) atoms. The number of carbonyl (C=O) groups is 1. The second-order valence-electron chi connectivity index (χ2n) is 5.62. The Morgan fingerprint density at radius 2 is 2.23 bits per heavy atom. The highest BCUT2D eigenvalue weighted by Crippen LogP contribution is 2.13. The lowest BCUT2D eigenvalue weighted by molar-refractivity contribution is -0.00425. The number of carbonyl (C=O) groups excluding carboxylic acids is 1. The van der Waals surface area contributed by atoms with E-state index in [2.05, 4.69) is 5.32 Å². The monoisotopic (exact) mass is 326 g/mol. The Morgan fingerprint density at radius 3 is 2.91 bits per heavy atom. The average molecular weight is 327 g/mol. The molecule has 0 bridgehead atoms. The second kappa shape index (κ2) is 8.36. The molecule has 1 fully saturated rings. The highest BCUT2D eigenvalue weighted by atomic mass is 35.5. The summed E-state index contributed by atoms with van der Waals surface area (Å²) >= 11 is 5.85. The fourth-order valence-electron chi connectivity index (χ4n) is 2.58. The molecule has 0 aromatic heterocycles. The van der Waals surface area contributed by atoms with Crippen LogP contribution in [0.25, 0.3) is 0 Å². The Morgan fingerprint density at radius 1 is 1.50 bits per heavy atom. The predicted octanol–water partition coefficient (Wildman–Crippen LogP) is 2.06. The lowest BCUT2D eigenvalue weighted by atomic mass is 10.1. The molecule has 2 amide bonds. The molecule has 1 aliphatic heterocycles. The molecule has 2 N–H and O–H groups in total. The van der Waals surface area contributed by atoms with Crippen molar-refractivity contribution in [1.82, 2.24) is 10.2 Å². The van der Waals surface area contributed by atoms with E-state index in [1.807, 2.05) is 24.3 Å². The van der Waals surface area contributed by atoms with E-state index in [-0.39, 0.29) is 12.1 Å². The number of hydrogen-bond donors (Lipinski definition) is 2. The van der Waals surface area contributed by atoms with Crippen LogP contribution in [0.1, 0.15) is 18.9 Å². The van der Waals surface area contributed by atoms with Crippen molar-refractivity contribution >= 4 is 17.6 Å². The third kappa shape index (κ3) is 5.16. The highest BCUT2D eigenvalue weighted by Gasteiger charge is 2.27. The number of aliphatic hydroxyl groups is 1. The molecule has 2 rings (SSSR count). The van der Waals surface area contributed by atoms with Crippen molar-refractivity contribution in [3.8, 4) is 0 Å². The number of nitrogens with one attached hydrogen (secondary N) is 1. The van der Waals surface area contributed by atoms with Gasteiger partial charge in [-0.05, 0) is 37.5 Å². The number of rotatable bonds is 5. The first-order chi connectivity index (χ1) is 10.6. The summed E-state index contributed by atoms with van der Waals surface area (Å²) in [4.78, 5) is 14.1. The minimum atomic E-state index is -0.448. The maximum absolute atomic E-state index is 12.3. The van der Waals surface area contributed by atoms with Crippen molar-refractivity contribution in [3.63, 3.8) is 0 Å². The zero-order valence-electron chi connectivity index (χ0n) is 12.8. The van der Waals surface area contributed by atoms with Crippen LogP contribution in [-0.4, -0.2) is 54.5 Å². The zero-order chi connectivity index (χ0) is 15.9. The lowest BCUT2D eigenvalue weighted by Gasteiger charge is -2.36. The van der Waals surface area contributed by atoms with Crippen molar-refractivity contribution in [2.24, 2.45) is 0 Å². The molecule has 0 radical (unpaired) electrons. The van der Waals surface area contributed by atoms with E-state index < -0.39 is 6.10 Å². The van der Waals surface area contributed by atoms with Crippen LogP contribution in [0, 0.1) is 0 Å². The fourth-order valence-corrected chi connectivity index (χ4v) is 2.70. The SMILES string of the molecule is C[C@@H](O)C[C@H]1COCCN1C(=O)NCCc1ccc(Cl)cc1. The van der Waals surface area contributed by atoms with Gasteiger partial charge >= 0.3 is 6.03 Å². The van der Waals surface area contributed by atoms with Crippen LogP contribution in [0.5, 0.6) is 0 Å². The van der Waals surface area contributed by atoms with Gasteiger partial charge in [-0.3, -0.25) is 0 Å². The first kappa shape index (κ1) is 17.1. The van der Waals surface area contributed by atoms with Gasteiger partial charge in [-0.2, -0.15) is 0 Å². The standard InChI is InChI=1S/C16H23ClN2O3/c1-12(20)10-15-11-22-9-8-19(15)16(21)18-7-6-13-2-4-14(17)5-3-13/h2-5,12,15,20H,6-11H2,1H3,(H,18,21)/t12-,15+/m1/s1. The summed E-state index contributed by atoms with van der Waals surface area (Å²) in [5.41, 5.74) is 1.13. The number of morpholine rings is 1. The summed E-state index contributed by atoms with van der Waals surface area (Å²) in [7, 11) is 0. The van der Waals surface area contributed by atoms with E-state index in [9.17, 15) is 9.90 Å². The van der Waals surface area contributed by atoms with Gasteiger partial charge < -0.3 is 20.1 Å². The molecule has 0 unspecified atom stereocenters. The van der Waals surface area contributed by atoms with Crippen molar-refractivity contribution in [2.75, 3.05) is 26.3 Å². The molecule has 122 valence electrons. The second-order valence-corrected chi connectivity index (χ2v) is 6.05. The van der Waals surface area contributed by atoms with Crippen molar-refractivity contribution < 1.29 is 14.6 Å². The van der Waals surface area contributed by atoms with Crippen molar-refractivity contribution in [2.45, 2.75) is 31.9 Å². The third-order valence-corrected chi connectivity index (χ3v) is 3.96. The maximum atomic E-state index is 12.3. The van der Waals surface area contributed by atoms with E-state index in [1.54, 1.807) is 11.8 Å². The third-order valence-electron chi connectivity index (χ3n) is 3.70. The Kier molecular flexibility index (Phi) is 6.49. The molecule has 1 heterocycles. The van der Waals surface area contributed by atoms with Gasteiger partial charge in [-0.15, -0.1) is 0 Å². The van der Waals surface area contributed by atoms with Gasteiger partial charge in [0.15, 0.2) is 0 Å². The highest BCUT2D eigenvalue weighted by molar-refractivity contribution is 6.30. The van der Waals surface area contributed by atoms with Crippen LogP contribution in [0.15, 0.2) is 24.3 Å². The molecular formula is C16H23ClN2O3. The molecular weight excluding hydrogens is 304 g/mol. The van der Waals surface area contributed by atoms with Crippen LogP contribution in [0.4, 0.5) is 4.79 Å². The normalized spacial score (nSPS) is 19.8. The summed E-state index contributed by atoms with van der Waals surface area (Å²) in [6, 6.07) is 7.45. The van der Waals surface area contributed by atoms with Crippen LogP contribution in [0.2, 0.25) is 5.02 Å². The van der Waals surface area contributed by atoms with E-state index in [0.717, 1.165) is 12.0 Å². The molecule has 1 saturated heterocycles. The number of hydrogen-bond acceptors (Lipinski definition) is 3. The topological polar surface area (TPSA) is 61.8 Å². The van der Waals surface area contributed by atoms with Crippen LogP contribution in [0.3, 0.4) is 0 Å². The number of halogens is 1. The van der Waals surface area contributed by atoms with Gasteiger partial charge in [0.25, 0.3) is 0 Å². The first-order valence-electron chi connectivity index (χ1n) is 7.61. The van der Waals surface area contributed by atoms with Gasteiger partial charge in [0.05, 0.1) is 25.4 Å². The molecule has 0 spiro atoms. The van der Waals surface area contributed by atoms with E-state index in [0.29, 0.717) is 37.7 Å². The summed E-state index contributed by atoms with van der Waals surface area (Å²) < 4.78 is 5.40. The quantitative estimate of drug-likeness (QED) is 0.870. The minimum absolute atomic E-state index is 0.0655. The molecule has 5 nitrogen and oxygen atoms in total. The number of aliphatic hydroxyl groups excluding tert-OH is 1. The van der Waals surface area contributed by atoms with Gasteiger partial charge in [0.1, 0.15) is 0 Å². The van der Waals surface area contributed by atoms with Crippen molar-refractivity contribution in [3.05, 3.63) is 34.9 Å². The van der Waals surface area contributed by atoms with Gasteiger partial charge in [-0.25, -0.2) is 4.79 Å². The summed E-state index contributed by atoms with van der Waals surface area (Å²) in [6.07, 6.45) is 0.843. The Labute approximate surface area is 136 Å². The number of amides is 2. The average Bonchev–Trinajstić information content (AvgIpc) is 2.49. The number of urea groups is 1. The predicted molar refractivity (Wildman–Crippen MR) is 86.2 cm³/mol.